The number of carbonyl (C=O) groups is 1. The summed E-state index contributed by atoms with van der Waals surface area (Å²) in [5, 5.41) is 23.5. The third-order valence-electron chi connectivity index (χ3n) is 3.45. The zero-order chi connectivity index (χ0) is 16.7. The van der Waals surface area contributed by atoms with Crippen LogP contribution < -0.4 is 10.6 Å². The molecule has 118 valence electrons. The van der Waals surface area contributed by atoms with Gasteiger partial charge in [-0.05, 0) is 42.8 Å². The molecule has 0 fully saturated rings. The average molecular weight is 309 g/mol. The molecule has 0 saturated carbocycles. The van der Waals surface area contributed by atoms with Crippen molar-refractivity contribution in [2.24, 2.45) is 0 Å². The van der Waals surface area contributed by atoms with E-state index in [1.807, 2.05) is 31.2 Å². The molecule has 0 spiro atoms. The van der Waals surface area contributed by atoms with E-state index in [0.717, 1.165) is 11.3 Å². The van der Waals surface area contributed by atoms with Crippen molar-refractivity contribution >= 4 is 11.6 Å². The van der Waals surface area contributed by atoms with Crippen LogP contribution in [0.4, 0.5) is 5.69 Å². The first-order valence-corrected chi connectivity index (χ1v) is 7.39. The Morgan fingerprint density at radius 2 is 2.00 bits per heavy atom. The van der Waals surface area contributed by atoms with Gasteiger partial charge >= 0.3 is 0 Å². The third-order valence-corrected chi connectivity index (χ3v) is 3.45. The molecule has 0 aliphatic heterocycles. The second-order valence-corrected chi connectivity index (χ2v) is 5.16. The molecule has 3 N–H and O–H groups in total. The number of nitrogens with one attached hydrogen (secondary N) is 2. The van der Waals surface area contributed by atoms with Crippen molar-refractivity contribution in [2.75, 3.05) is 18.5 Å². The number of hydrogen-bond donors (Lipinski definition) is 3. The van der Waals surface area contributed by atoms with Crippen molar-refractivity contribution in [2.45, 2.75) is 13.0 Å². The van der Waals surface area contributed by atoms with Crippen LogP contribution in [-0.4, -0.2) is 24.2 Å². The van der Waals surface area contributed by atoms with Crippen LogP contribution in [0.3, 0.4) is 0 Å². The van der Waals surface area contributed by atoms with E-state index in [1.165, 1.54) is 0 Å². The van der Waals surface area contributed by atoms with E-state index in [2.05, 4.69) is 16.7 Å². The van der Waals surface area contributed by atoms with Gasteiger partial charge in [0.25, 0.3) is 5.91 Å². The van der Waals surface area contributed by atoms with Crippen molar-refractivity contribution in [1.29, 1.82) is 5.26 Å². The van der Waals surface area contributed by atoms with Gasteiger partial charge in [0.1, 0.15) is 0 Å². The molecule has 2 rings (SSSR count). The fourth-order valence-electron chi connectivity index (χ4n) is 2.20. The minimum atomic E-state index is -0.214. The molecule has 0 bridgehead atoms. The van der Waals surface area contributed by atoms with Crippen LogP contribution in [0.25, 0.3) is 0 Å². The standard InChI is InChI=1S/C18H19N3O2/c1-13(15-7-5-14(12-19)6-8-15)21-17-4-2-3-16(11-17)18(23)20-9-10-22/h2-8,11,13,21-22H,9-10H2,1H3,(H,20,23). The van der Waals surface area contributed by atoms with E-state index in [9.17, 15) is 4.79 Å². The fourth-order valence-corrected chi connectivity index (χ4v) is 2.20. The molecule has 0 aliphatic rings. The number of benzene rings is 2. The molecule has 2 aromatic carbocycles. The summed E-state index contributed by atoms with van der Waals surface area (Å²) in [6, 6.07) is 16.7. The Hall–Kier alpha value is -2.84. The smallest absolute Gasteiger partial charge is 0.251 e. The van der Waals surface area contributed by atoms with Crippen molar-refractivity contribution in [3.8, 4) is 6.07 Å². The highest BCUT2D eigenvalue weighted by molar-refractivity contribution is 5.95. The summed E-state index contributed by atoms with van der Waals surface area (Å²) in [7, 11) is 0. The highest BCUT2D eigenvalue weighted by Gasteiger charge is 2.08. The first-order valence-electron chi connectivity index (χ1n) is 7.39. The van der Waals surface area contributed by atoms with E-state index in [-0.39, 0.29) is 25.1 Å². The molecule has 0 radical (unpaired) electrons. The van der Waals surface area contributed by atoms with E-state index in [4.69, 9.17) is 10.4 Å². The average Bonchev–Trinajstić information content (AvgIpc) is 2.60. The van der Waals surface area contributed by atoms with Gasteiger partial charge < -0.3 is 15.7 Å². The second-order valence-electron chi connectivity index (χ2n) is 5.16. The van der Waals surface area contributed by atoms with Gasteiger partial charge in [-0.3, -0.25) is 4.79 Å². The van der Waals surface area contributed by atoms with E-state index < -0.39 is 0 Å². The molecule has 0 saturated heterocycles. The number of hydrogen-bond acceptors (Lipinski definition) is 4. The monoisotopic (exact) mass is 309 g/mol. The van der Waals surface area contributed by atoms with Gasteiger partial charge in [0.2, 0.25) is 0 Å². The van der Waals surface area contributed by atoms with E-state index in [0.29, 0.717) is 11.1 Å². The topological polar surface area (TPSA) is 85.2 Å². The summed E-state index contributed by atoms with van der Waals surface area (Å²) in [5.74, 6) is -0.214. The van der Waals surface area contributed by atoms with Crippen molar-refractivity contribution in [1.82, 2.24) is 5.32 Å². The lowest BCUT2D eigenvalue weighted by Gasteiger charge is -2.16. The Bertz CT molecular complexity index is 705. The summed E-state index contributed by atoms with van der Waals surface area (Å²) in [6.07, 6.45) is 0. The maximum atomic E-state index is 11.9. The minimum Gasteiger partial charge on any atom is -0.395 e. The van der Waals surface area contributed by atoms with Crippen LogP contribution in [0.2, 0.25) is 0 Å². The molecular formula is C18H19N3O2. The maximum Gasteiger partial charge on any atom is 0.251 e. The van der Waals surface area contributed by atoms with Gasteiger partial charge in [0.05, 0.1) is 18.2 Å². The van der Waals surface area contributed by atoms with E-state index >= 15 is 0 Å². The Labute approximate surface area is 135 Å². The molecule has 0 aromatic heterocycles. The lowest BCUT2D eigenvalue weighted by atomic mass is 10.1. The molecular weight excluding hydrogens is 290 g/mol. The highest BCUT2D eigenvalue weighted by atomic mass is 16.3. The van der Waals surface area contributed by atoms with Crippen LogP contribution in [0.15, 0.2) is 48.5 Å². The minimum absolute atomic E-state index is 0.0403. The van der Waals surface area contributed by atoms with Crippen molar-refractivity contribution in [3.05, 3.63) is 65.2 Å². The summed E-state index contributed by atoms with van der Waals surface area (Å²) in [4.78, 5) is 11.9. The normalized spacial score (nSPS) is 11.3. The first kappa shape index (κ1) is 16.5. The number of nitriles is 1. The number of rotatable bonds is 6. The molecule has 0 heterocycles. The van der Waals surface area contributed by atoms with Gasteiger partial charge in [-0.15, -0.1) is 0 Å². The summed E-state index contributed by atoms with van der Waals surface area (Å²) in [5.41, 5.74) is 3.05. The number of aliphatic hydroxyl groups is 1. The Morgan fingerprint density at radius 1 is 1.26 bits per heavy atom. The van der Waals surface area contributed by atoms with Crippen molar-refractivity contribution < 1.29 is 9.90 Å². The summed E-state index contributed by atoms with van der Waals surface area (Å²) >= 11 is 0. The molecule has 5 nitrogen and oxygen atoms in total. The third kappa shape index (κ3) is 4.56. The van der Waals surface area contributed by atoms with Gasteiger partial charge in [-0.1, -0.05) is 18.2 Å². The summed E-state index contributed by atoms with van der Waals surface area (Å²) < 4.78 is 0. The SMILES string of the molecule is CC(Nc1cccc(C(=O)NCCO)c1)c1ccc(C#N)cc1. The predicted molar refractivity (Wildman–Crippen MR) is 89.1 cm³/mol. The zero-order valence-electron chi connectivity index (χ0n) is 12.9. The van der Waals surface area contributed by atoms with Gasteiger partial charge in [0, 0.05) is 23.8 Å². The van der Waals surface area contributed by atoms with Crippen LogP contribution >= 0.6 is 0 Å². The quantitative estimate of drug-likeness (QED) is 0.765. The van der Waals surface area contributed by atoms with E-state index in [1.54, 1.807) is 24.3 Å². The van der Waals surface area contributed by atoms with Gasteiger partial charge in [-0.2, -0.15) is 5.26 Å². The lowest BCUT2D eigenvalue weighted by Crippen LogP contribution is -2.26. The number of carbonyl (C=O) groups excluding carboxylic acids is 1. The van der Waals surface area contributed by atoms with Crippen LogP contribution in [0.1, 0.15) is 34.5 Å². The summed E-state index contributed by atoms with van der Waals surface area (Å²) in [6.45, 7) is 2.16. The molecule has 1 unspecified atom stereocenters. The fraction of sp³-hybridized carbons (Fsp3) is 0.222. The Kier molecular flexibility index (Phi) is 5.73. The maximum absolute atomic E-state index is 11.9. The molecule has 0 aliphatic carbocycles. The lowest BCUT2D eigenvalue weighted by molar-refractivity contribution is 0.0945. The highest BCUT2D eigenvalue weighted by Crippen LogP contribution is 2.20. The second kappa shape index (κ2) is 7.97. The van der Waals surface area contributed by atoms with Crippen molar-refractivity contribution in [3.63, 3.8) is 0 Å². The Morgan fingerprint density at radius 3 is 2.65 bits per heavy atom. The molecule has 1 atom stereocenters. The predicted octanol–water partition coefficient (Wildman–Crippen LogP) is 2.45. The van der Waals surface area contributed by atoms with Crippen LogP contribution in [-0.2, 0) is 0 Å². The van der Waals surface area contributed by atoms with Crippen LogP contribution in [0.5, 0.6) is 0 Å². The van der Waals surface area contributed by atoms with Gasteiger partial charge in [-0.25, -0.2) is 0 Å². The first-order chi connectivity index (χ1) is 11.1. The molecule has 23 heavy (non-hydrogen) atoms. The molecule has 2 aromatic rings. The molecule has 1 amide bonds. The largest absolute Gasteiger partial charge is 0.395 e. The van der Waals surface area contributed by atoms with Crippen LogP contribution in [0, 0.1) is 11.3 Å². The number of nitrogens with zero attached hydrogens (tertiary/aromatic N) is 1. The number of amides is 1. The Balaban J connectivity index is 2.07. The zero-order valence-corrected chi connectivity index (χ0v) is 12.9. The number of anilines is 1. The van der Waals surface area contributed by atoms with Gasteiger partial charge in [0.15, 0.2) is 0 Å². The number of aliphatic hydroxyl groups excluding tert-OH is 1. The molecule has 5 heteroatoms.